The van der Waals surface area contributed by atoms with Crippen LogP contribution in [0.5, 0.6) is 5.75 Å². The van der Waals surface area contributed by atoms with E-state index in [0.29, 0.717) is 18.0 Å². The summed E-state index contributed by atoms with van der Waals surface area (Å²) in [4.78, 5) is 0. The van der Waals surface area contributed by atoms with Gasteiger partial charge in [-0.05, 0) is 24.5 Å². The summed E-state index contributed by atoms with van der Waals surface area (Å²) in [5.74, 6) is 1.46. The van der Waals surface area contributed by atoms with Gasteiger partial charge in [0.05, 0.1) is 30.0 Å². The first-order valence-electron chi connectivity index (χ1n) is 5.88. The Labute approximate surface area is 107 Å². The molecule has 6 heteroatoms. The SMILES string of the molecule is COc1ccc(N)c(NCC2CCS(=O)(=O)C2)c1. The Kier molecular flexibility index (Phi) is 3.65. The molecule has 1 saturated heterocycles. The Morgan fingerprint density at radius 2 is 2.28 bits per heavy atom. The van der Waals surface area contributed by atoms with Gasteiger partial charge in [0.25, 0.3) is 0 Å². The largest absolute Gasteiger partial charge is 0.497 e. The van der Waals surface area contributed by atoms with E-state index in [9.17, 15) is 8.42 Å². The Hall–Kier alpha value is -1.43. The summed E-state index contributed by atoms with van der Waals surface area (Å²) in [5, 5.41) is 3.20. The van der Waals surface area contributed by atoms with Crippen molar-refractivity contribution in [2.45, 2.75) is 6.42 Å². The highest BCUT2D eigenvalue weighted by Crippen LogP contribution is 2.26. The van der Waals surface area contributed by atoms with E-state index in [2.05, 4.69) is 5.32 Å². The van der Waals surface area contributed by atoms with E-state index in [0.717, 1.165) is 17.9 Å². The molecule has 0 radical (unpaired) electrons. The van der Waals surface area contributed by atoms with Crippen LogP contribution in [0.3, 0.4) is 0 Å². The zero-order valence-electron chi connectivity index (χ0n) is 10.3. The van der Waals surface area contributed by atoms with Crippen molar-refractivity contribution >= 4 is 21.2 Å². The van der Waals surface area contributed by atoms with Crippen LogP contribution in [-0.2, 0) is 9.84 Å². The van der Waals surface area contributed by atoms with Gasteiger partial charge in [-0.15, -0.1) is 0 Å². The molecule has 1 atom stereocenters. The zero-order chi connectivity index (χ0) is 13.2. The Balaban J connectivity index is 1.98. The molecule has 1 fully saturated rings. The molecule has 1 aliphatic rings. The number of ether oxygens (including phenoxy) is 1. The molecule has 0 spiro atoms. The monoisotopic (exact) mass is 270 g/mol. The van der Waals surface area contributed by atoms with Crippen molar-refractivity contribution < 1.29 is 13.2 Å². The molecule has 100 valence electrons. The highest BCUT2D eigenvalue weighted by Gasteiger charge is 2.27. The molecule has 0 saturated carbocycles. The minimum atomic E-state index is -2.82. The summed E-state index contributed by atoms with van der Waals surface area (Å²) in [6.07, 6.45) is 0.721. The number of nitrogens with two attached hydrogens (primary N) is 1. The Morgan fingerprint density at radius 1 is 1.50 bits per heavy atom. The van der Waals surface area contributed by atoms with E-state index in [1.54, 1.807) is 19.2 Å². The molecule has 5 nitrogen and oxygen atoms in total. The number of anilines is 2. The smallest absolute Gasteiger partial charge is 0.150 e. The van der Waals surface area contributed by atoms with Crippen molar-refractivity contribution in [3.8, 4) is 5.75 Å². The maximum atomic E-state index is 11.3. The molecule has 1 unspecified atom stereocenters. The molecule has 1 heterocycles. The van der Waals surface area contributed by atoms with Gasteiger partial charge < -0.3 is 15.8 Å². The standard InChI is InChI=1S/C12H18N2O3S/c1-17-10-2-3-11(13)12(6-10)14-7-9-4-5-18(15,16)8-9/h2-3,6,9,14H,4-5,7-8,13H2,1H3. The third-order valence-corrected chi connectivity index (χ3v) is 5.01. The molecule has 0 amide bonds. The fraction of sp³-hybridized carbons (Fsp3) is 0.500. The van der Waals surface area contributed by atoms with Gasteiger partial charge in [0.1, 0.15) is 5.75 Å². The van der Waals surface area contributed by atoms with Crippen LogP contribution < -0.4 is 15.8 Å². The molecular weight excluding hydrogens is 252 g/mol. The van der Waals surface area contributed by atoms with E-state index in [-0.39, 0.29) is 11.7 Å². The number of sulfone groups is 1. The number of rotatable bonds is 4. The van der Waals surface area contributed by atoms with E-state index < -0.39 is 9.84 Å². The topological polar surface area (TPSA) is 81.4 Å². The first kappa shape index (κ1) is 13.0. The average Bonchev–Trinajstić information content (AvgIpc) is 2.68. The van der Waals surface area contributed by atoms with Gasteiger partial charge in [-0.1, -0.05) is 0 Å². The van der Waals surface area contributed by atoms with Gasteiger partial charge in [-0.2, -0.15) is 0 Å². The lowest BCUT2D eigenvalue weighted by atomic mass is 10.1. The number of hydrogen-bond donors (Lipinski definition) is 2. The molecule has 0 aliphatic carbocycles. The summed E-state index contributed by atoms with van der Waals surface area (Å²) in [5.41, 5.74) is 7.27. The molecule has 0 aromatic heterocycles. The second-order valence-electron chi connectivity index (χ2n) is 4.60. The zero-order valence-corrected chi connectivity index (χ0v) is 11.2. The minimum absolute atomic E-state index is 0.167. The van der Waals surface area contributed by atoms with Gasteiger partial charge in [0.2, 0.25) is 0 Å². The lowest BCUT2D eigenvalue weighted by molar-refractivity contribution is 0.415. The number of nitrogens with one attached hydrogen (secondary N) is 1. The van der Waals surface area contributed by atoms with Crippen LogP contribution in [-0.4, -0.2) is 33.6 Å². The lowest BCUT2D eigenvalue weighted by Crippen LogP contribution is -2.16. The Morgan fingerprint density at radius 3 is 2.89 bits per heavy atom. The van der Waals surface area contributed by atoms with Crippen LogP contribution in [0.25, 0.3) is 0 Å². The molecule has 2 rings (SSSR count). The van der Waals surface area contributed by atoms with Crippen LogP contribution in [0.15, 0.2) is 18.2 Å². The maximum absolute atomic E-state index is 11.3. The quantitative estimate of drug-likeness (QED) is 0.801. The first-order chi connectivity index (χ1) is 8.50. The molecular formula is C12H18N2O3S. The van der Waals surface area contributed by atoms with Crippen molar-refractivity contribution in [2.24, 2.45) is 5.92 Å². The van der Waals surface area contributed by atoms with E-state index in [1.807, 2.05) is 6.07 Å². The third-order valence-electron chi connectivity index (χ3n) is 3.17. The minimum Gasteiger partial charge on any atom is -0.497 e. The summed E-state index contributed by atoms with van der Waals surface area (Å²) >= 11 is 0. The highest BCUT2D eigenvalue weighted by molar-refractivity contribution is 7.91. The van der Waals surface area contributed by atoms with Crippen LogP contribution >= 0.6 is 0 Å². The average molecular weight is 270 g/mol. The first-order valence-corrected chi connectivity index (χ1v) is 7.70. The van der Waals surface area contributed by atoms with Crippen LogP contribution in [0.1, 0.15) is 6.42 Å². The fourth-order valence-electron chi connectivity index (χ4n) is 2.10. The normalized spacial score (nSPS) is 21.7. The second kappa shape index (κ2) is 5.06. The Bertz CT molecular complexity index is 528. The van der Waals surface area contributed by atoms with E-state index in [1.165, 1.54) is 0 Å². The lowest BCUT2D eigenvalue weighted by Gasteiger charge is -2.13. The van der Waals surface area contributed by atoms with E-state index in [4.69, 9.17) is 10.5 Å². The van der Waals surface area contributed by atoms with Crippen LogP contribution in [0, 0.1) is 5.92 Å². The molecule has 3 N–H and O–H groups in total. The highest BCUT2D eigenvalue weighted by atomic mass is 32.2. The van der Waals surface area contributed by atoms with Gasteiger partial charge in [0.15, 0.2) is 9.84 Å². The van der Waals surface area contributed by atoms with Crippen molar-refractivity contribution in [3.05, 3.63) is 18.2 Å². The molecule has 1 aliphatic heterocycles. The maximum Gasteiger partial charge on any atom is 0.150 e. The number of benzene rings is 1. The van der Waals surface area contributed by atoms with Crippen LogP contribution in [0.4, 0.5) is 11.4 Å². The predicted octanol–water partition coefficient (Wildman–Crippen LogP) is 1.12. The molecule has 1 aromatic rings. The summed E-state index contributed by atoms with van der Waals surface area (Å²) in [6, 6.07) is 5.38. The molecule has 1 aromatic carbocycles. The number of hydrogen-bond acceptors (Lipinski definition) is 5. The fourth-order valence-corrected chi connectivity index (χ4v) is 3.96. The number of nitrogen functional groups attached to an aromatic ring is 1. The second-order valence-corrected chi connectivity index (χ2v) is 6.83. The van der Waals surface area contributed by atoms with Crippen molar-refractivity contribution in [1.82, 2.24) is 0 Å². The van der Waals surface area contributed by atoms with Crippen molar-refractivity contribution in [1.29, 1.82) is 0 Å². The van der Waals surface area contributed by atoms with Crippen molar-refractivity contribution in [2.75, 3.05) is 36.2 Å². The molecule has 0 bridgehead atoms. The van der Waals surface area contributed by atoms with E-state index >= 15 is 0 Å². The number of methoxy groups -OCH3 is 1. The van der Waals surface area contributed by atoms with Gasteiger partial charge in [-0.25, -0.2) is 8.42 Å². The predicted molar refractivity (Wildman–Crippen MR) is 72.7 cm³/mol. The van der Waals surface area contributed by atoms with Crippen LogP contribution in [0.2, 0.25) is 0 Å². The van der Waals surface area contributed by atoms with Gasteiger partial charge in [0, 0.05) is 12.6 Å². The molecule has 18 heavy (non-hydrogen) atoms. The van der Waals surface area contributed by atoms with Gasteiger partial charge in [-0.3, -0.25) is 0 Å². The summed E-state index contributed by atoms with van der Waals surface area (Å²) in [6.45, 7) is 0.622. The summed E-state index contributed by atoms with van der Waals surface area (Å²) in [7, 11) is -1.22. The third kappa shape index (κ3) is 3.07. The van der Waals surface area contributed by atoms with Gasteiger partial charge >= 0.3 is 0 Å². The summed E-state index contributed by atoms with van der Waals surface area (Å²) < 4.78 is 27.8. The van der Waals surface area contributed by atoms with Crippen molar-refractivity contribution in [3.63, 3.8) is 0 Å².